The molecular weight excluding hydrogens is 254 g/mol. The number of anilines is 2. The van der Waals surface area contributed by atoms with Crippen LogP contribution in [-0.4, -0.2) is 42.6 Å². The lowest BCUT2D eigenvalue weighted by Gasteiger charge is -2.19. The van der Waals surface area contributed by atoms with Crippen molar-refractivity contribution in [2.24, 2.45) is 0 Å². The number of aromatic nitrogens is 2. The number of carbonyl (C=O) groups excluding carboxylic acids is 1. The Morgan fingerprint density at radius 3 is 2.94 bits per heavy atom. The number of hydrogen-bond acceptors (Lipinski definition) is 5. The standard InChI is InChI=1S/C11H16ClN5O/c1-13-11-14-5-8(12)10(16-11)17(2)6-9(18)15-7-3-4-7/h5,7H,3-4,6H2,1-2H3,(H,15,18)(H,13,14,16). The first-order chi connectivity index (χ1) is 8.60. The minimum atomic E-state index is -0.0133. The third kappa shape index (κ3) is 3.22. The van der Waals surface area contributed by atoms with E-state index in [9.17, 15) is 4.79 Å². The molecule has 18 heavy (non-hydrogen) atoms. The molecule has 1 aromatic rings. The van der Waals surface area contributed by atoms with Gasteiger partial charge in [-0.3, -0.25) is 4.79 Å². The molecule has 1 amide bonds. The number of carbonyl (C=O) groups is 1. The Morgan fingerprint density at radius 1 is 1.61 bits per heavy atom. The van der Waals surface area contributed by atoms with E-state index in [1.165, 1.54) is 6.20 Å². The highest BCUT2D eigenvalue weighted by Crippen LogP contribution is 2.23. The number of halogens is 1. The van der Waals surface area contributed by atoms with Crippen molar-refractivity contribution in [2.45, 2.75) is 18.9 Å². The topological polar surface area (TPSA) is 70.2 Å². The van der Waals surface area contributed by atoms with Crippen molar-refractivity contribution in [1.82, 2.24) is 15.3 Å². The van der Waals surface area contributed by atoms with E-state index < -0.39 is 0 Å². The molecule has 2 N–H and O–H groups in total. The highest BCUT2D eigenvalue weighted by Gasteiger charge is 2.24. The molecule has 0 spiro atoms. The molecule has 1 fully saturated rings. The number of likely N-dealkylation sites (N-methyl/N-ethyl adjacent to an activating group) is 1. The number of rotatable bonds is 5. The van der Waals surface area contributed by atoms with E-state index in [1.807, 2.05) is 0 Å². The number of amides is 1. The molecule has 0 unspecified atom stereocenters. The minimum Gasteiger partial charge on any atom is -0.357 e. The second kappa shape index (κ2) is 5.39. The van der Waals surface area contributed by atoms with Gasteiger partial charge in [-0.15, -0.1) is 0 Å². The summed E-state index contributed by atoms with van der Waals surface area (Å²) in [5, 5.41) is 6.18. The Morgan fingerprint density at radius 2 is 2.33 bits per heavy atom. The zero-order valence-corrected chi connectivity index (χ0v) is 11.2. The summed E-state index contributed by atoms with van der Waals surface area (Å²) in [6, 6.07) is 0.361. The third-order valence-electron chi connectivity index (χ3n) is 2.63. The largest absolute Gasteiger partial charge is 0.357 e. The van der Waals surface area contributed by atoms with E-state index in [2.05, 4.69) is 20.6 Å². The van der Waals surface area contributed by atoms with E-state index in [0.717, 1.165) is 12.8 Å². The van der Waals surface area contributed by atoms with Gasteiger partial charge in [0, 0.05) is 20.1 Å². The lowest BCUT2D eigenvalue weighted by atomic mass is 10.4. The first kappa shape index (κ1) is 12.9. The average molecular weight is 270 g/mol. The van der Waals surface area contributed by atoms with Crippen molar-refractivity contribution in [2.75, 3.05) is 30.9 Å². The molecule has 7 heteroatoms. The molecule has 0 aliphatic heterocycles. The maximum Gasteiger partial charge on any atom is 0.239 e. The van der Waals surface area contributed by atoms with E-state index >= 15 is 0 Å². The lowest BCUT2D eigenvalue weighted by Crippen LogP contribution is -2.36. The van der Waals surface area contributed by atoms with Gasteiger partial charge < -0.3 is 15.5 Å². The van der Waals surface area contributed by atoms with E-state index in [-0.39, 0.29) is 12.5 Å². The van der Waals surface area contributed by atoms with Gasteiger partial charge in [0.1, 0.15) is 5.02 Å². The molecule has 1 heterocycles. The predicted molar refractivity (Wildman–Crippen MR) is 71.0 cm³/mol. The molecular formula is C11H16ClN5O. The molecule has 98 valence electrons. The van der Waals surface area contributed by atoms with Gasteiger partial charge in [0.15, 0.2) is 5.82 Å². The zero-order chi connectivity index (χ0) is 13.1. The van der Waals surface area contributed by atoms with Crippen LogP contribution in [0.2, 0.25) is 5.02 Å². The van der Waals surface area contributed by atoms with Gasteiger partial charge in [0.05, 0.1) is 12.7 Å². The van der Waals surface area contributed by atoms with E-state index in [4.69, 9.17) is 11.6 Å². The van der Waals surface area contributed by atoms with Crippen LogP contribution >= 0.6 is 11.6 Å². The maximum absolute atomic E-state index is 11.7. The van der Waals surface area contributed by atoms with Crippen LogP contribution in [0.25, 0.3) is 0 Å². The summed E-state index contributed by atoms with van der Waals surface area (Å²) < 4.78 is 0. The van der Waals surface area contributed by atoms with E-state index in [1.54, 1.807) is 19.0 Å². The average Bonchev–Trinajstić information content (AvgIpc) is 3.13. The summed E-state index contributed by atoms with van der Waals surface area (Å²) in [6.45, 7) is 0.233. The number of hydrogen-bond donors (Lipinski definition) is 2. The van der Waals surface area contributed by atoms with Crippen molar-refractivity contribution < 1.29 is 4.79 Å². The first-order valence-electron chi connectivity index (χ1n) is 5.81. The molecule has 6 nitrogen and oxygen atoms in total. The molecule has 1 aliphatic carbocycles. The minimum absolute atomic E-state index is 0.0133. The van der Waals surface area contributed by atoms with Crippen LogP contribution in [0, 0.1) is 0 Å². The number of nitrogens with zero attached hydrogens (tertiary/aromatic N) is 3. The second-order valence-electron chi connectivity index (χ2n) is 4.31. The smallest absolute Gasteiger partial charge is 0.239 e. The van der Waals surface area contributed by atoms with Crippen LogP contribution in [0.15, 0.2) is 6.20 Å². The van der Waals surface area contributed by atoms with Crippen LogP contribution < -0.4 is 15.5 Å². The summed E-state index contributed by atoms with van der Waals surface area (Å²) >= 11 is 6.02. The highest BCUT2D eigenvalue weighted by molar-refractivity contribution is 6.32. The van der Waals surface area contributed by atoms with Gasteiger partial charge in [-0.2, -0.15) is 4.98 Å². The molecule has 1 saturated carbocycles. The zero-order valence-electron chi connectivity index (χ0n) is 10.4. The third-order valence-corrected chi connectivity index (χ3v) is 2.90. The fraction of sp³-hybridized carbons (Fsp3) is 0.545. The van der Waals surface area contributed by atoms with Gasteiger partial charge in [0.25, 0.3) is 0 Å². The molecule has 1 aromatic heterocycles. The Balaban J connectivity index is 2.02. The van der Waals surface area contributed by atoms with Gasteiger partial charge in [-0.25, -0.2) is 4.98 Å². The summed E-state index contributed by atoms with van der Waals surface area (Å²) in [5.74, 6) is 1.01. The van der Waals surface area contributed by atoms with Crippen molar-refractivity contribution >= 4 is 29.3 Å². The fourth-order valence-electron chi connectivity index (χ4n) is 1.54. The molecule has 0 bridgehead atoms. The Labute approximate surface area is 111 Å². The molecule has 0 saturated heterocycles. The van der Waals surface area contributed by atoms with Crippen molar-refractivity contribution in [3.8, 4) is 0 Å². The van der Waals surface area contributed by atoms with Crippen LogP contribution in [0.3, 0.4) is 0 Å². The Hall–Kier alpha value is -1.56. The maximum atomic E-state index is 11.7. The monoisotopic (exact) mass is 269 g/mol. The highest BCUT2D eigenvalue weighted by atomic mass is 35.5. The van der Waals surface area contributed by atoms with Crippen LogP contribution in [0.5, 0.6) is 0 Å². The Kier molecular flexibility index (Phi) is 3.86. The molecule has 2 rings (SSSR count). The molecule has 1 aliphatic rings. The predicted octanol–water partition coefficient (Wildman–Crippen LogP) is 0.887. The van der Waals surface area contributed by atoms with Crippen molar-refractivity contribution in [3.05, 3.63) is 11.2 Å². The van der Waals surface area contributed by atoms with Crippen LogP contribution in [0.1, 0.15) is 12.8 Å². The quantitative estimate of drug-likeness (QED) is 0.831. The summed E-state index contributed by atoms with van der Waals surface area (Å²) in [7, 11) is 3.51. The SMILES string of the molecule is CNc1ncc(Cl)c(N(C)CC(=O)NC2CC2)n1. The number of nitrogens with one attached hydrogen (secondary N) is 2. The lowest BCUT2D eigenvalue weighted by molar-refractivity contribution is -0.119. The molecule has 0 radical (unpaired) electrons. The van der Waals surface area contributed by atoms with Gasteiger partial charge >= 0.3 is 0 Å². The van der Waals surface area contributed by atoms with Gasteiger partial charge in [-0.05, 0) is 12.8 Å². The summed E-state index contributed by atoms with van der Waals surface area (Å²) in [4.78, 5) is 21.6. The second-order valence-corrected chi connectivity index (χ2v) is 4.72. The van der Waals surface area contributed by atoms with Gasteiger partial charge in [-0.1, -0.05) is 11.6 Å². The Bertz CT molecular complexity index is 449. The first-order valence-corrected chi connectivity index (χ1v) is 6.18. The normalized spacial score (nSPS) is 14.2. The molecule has 0 atom stereocenters. The van der Waals surface area contributed by atoms with Crippen molar-refractivity contribution in [3.63, 3.8) is 0 Å². The van der Waals surface area contributed by atoms with Crippen LogP contribution in [0.4, 0.5) is 11.8 Å². The fourth-order valence-corrected chi connectivity index (χ4v) is 1.77. The summed E-state index contributed by atoms with van der Waals surface area (Å²) in [6.07, 6.45) is 3.67. The van der Waals surface area contributed by atoms with Gasteiger partial charge in [0.2, 0.25) is 11.9 Å². The molecule has 0 aromatic carbocycles. The van der Waals surface area contributed by atoms with E-state index in [0.29, 0.717) is 22.8 Å². The summed E-state index contributed by atoms with van der Waals surface area (Å²) in [5.41, 5.74) is 0. The van der Waals surface area contributed by atoms with Crippen molar-refractivity contribution in [1.29, 1.82) is 0 Å². The van der Waals surface area contributed by atoms with Crippen LogP contribution in [-0.2, 0) is 4.79 Å².